The quantitative estimate of drug-likeness (QED) is 0.896. The number of likely N-dealkylation sites (tertiary alicyclic amines) is 1. The number of amides is 2. The monoisotopic (exact) mass is 360 g/mol. The summed E-state index contributed by atoms with van der Waals surface area (Å²) in [5, 5.41) is 3.05. The Balaban J connectivity index is 1.50. The molecule has 1 aromatic heterocycles. The van der Waals surface area contributed by atoms with Crippen molar-refractivity contribution in [1.29, 1.82) is 0 Å². The lowest BCUT2D eigenvalue weighted by Crippen LogP contribution is -2.46. The first-order valence-electron chi connectivity index (χ1n) is 9.90. The zero-order valence-corrected chi connectivity index (χ0v) is 16.2. The second-order valence-electron chi connectivity index (χ2n) is 7.56. The Hall–Kier alpha value is -1.66. The van der Waals surface area contributed by atoms with Gasteiger partial charge in [0, 0.05) is 44.7 Å². The van der Waals surface area contributed by atoms with Gasteiger partial charge in [0.25, 0.3) is 0 Å². The molecule has 144 valence electrons. The number of hydrogen-bond acceptors (Lipinski definition) is 4. The maximum Gasteiger partial charge on any atom is 0.317 e. The van der Waals surface area contributed by atoms with Crippen LogP contribution in [0.2, 0.25) is 0 Å². The SMILES string of the molecule is Cc1cc(CNC(=O)N2CCCOC(CN3CCCCC3)C2)cnc1C. The molecule has 2 aliphatic heterocycles. The van der Waals surface area contributed by atoms with Gasteiger partial charge in [0.05, 0.1) is 6.10 Å². The molecular weight excluding hydrogens is 328 g/mol. The molecule has 0 spiro atoms. The van der Waals surface area contributed by atoms with Gasteiger partial charge >= 0.3 is 6.03 Å². The topological polar surface area (TPSA) is 57.7 Å². The fourth-order valence-electron chi connectivity index (χ4n) is 3.71. The van der Waals surface area contributed by atoms with E-state index in [0.29, 0.717) is 13.1 Å². The summed E-state index contributed by atoms with van der Waals surface area (Å²) in [4.78, 5) is 21.4. The molecule has 2 fully saturated rings. The predicted octanol–water partition coefficient (Wildman–Crippen LogP) is 2.48. The Bertz CT molecular complexity index is 601. The maximum absolute atomic E-state index is 12.6. The van der Waals surface area contributed by atoms with Gasteiger partial charge in [-0.3, -0.25) is 4.98 Å². The fourth-order valence-corrected chi connectivity index (χ4v) is 3.71. The molecule has 1 unspecified atom stereocenters. The van der Waals surface area contributed by atoms with Crippen LogP contribution in [0.1, 0.15) is 42.5 Å². The summed E-state index contributed by atoms with van der Waals surface area (Å²) in [7, 11) is 0. The van der Waals surface area contributed by atoms with E-state index < -0.39 is 0 Å². The van der Waals surface area contributed by atoms with E-state index in [1.807, 2.05) is 24.9 Å². The molecule has 0 bridgehead atoms. The Morgan fingerprint density at radius 3 is 2.81 bits per heavy atom. The number of carbonyl (C=O) groups is 1. The van der Waals surface area contributed by atoms with E-state index in [1.165, 1.54) is 19.3 Å². The van der Waals surface area contributed by atoms with Gasteiger partial charge in [0.2, 0.25) is 0 Å². The molecule has 1 atom stereocenters. The Morgan fingerprint density at radius 1 is 1.23 bits per heavy atom. The zero-order valence-electron chi connectivity index (χ0n) is 16.2. The number of aromatic nitrogens is 1. The first-order chi connectivity index (χ1) is 12.6. The Kier molecular flexibility index (Phi) is 6.86. The van der Waals surface area contributed by atoms with E-state index >= 15 is 0 Å². The zero-order chi connectivity index (χ0) is 18.4. The van der Waals surface area contributed by atoms with Crippen molar-refractivity contribution < 1.29 is 9.53 Å². The van der Waals surface area contributed by atoms with Crippen molar-refractivity contribution >= 4 is 6.03 Å². The molecule has 0 radical (unpaired) electrons. The van der Waals surface area contributed by atoms with Crippen molar-refractivity contribution in [3.63, 3.8) is 0 Å². The molecule has 2 amide bonds. The lowest BCUT2D eigenvalue weighted by molar-refractivity contribution is 0.0256. The summed E-state index contributed by atoms with van der Waals surface area (Å²) < 4.78 is 6.00. The molecule has 3 rings (SSSR count). The lowest BCUT2D eigenvalue weighted by atomic mass is 10.1. The third-order valence-corrected chi connectivity index (χ3v) is 5.39. The minimum absolute atomic E-state index is 0.00243. The largest absolute Gasteiger partial charge is 0.375 e. The van der Waals surface area contributed by atoms with Crippen LogP contribution in [0.4, 0.5) is 4.79 Å². The summed E-state index contributed by atoms with van der Waals surface area (Å²) in [6.07, 6.45) is 6.75. The Morgan fingerprint density at radius 2 is 2.04 bits per heavy atom. The van der Waals surface area contributed by atoms with Gasteiger partial charge in [-0.15, -0.1) is 0 Å². The fraction of sp³-hybridized carbons (Fsp3) is 0.700. The number of hydrogen-bond donors (Lipinski definition) is 1. The molecule has 1 N–H and O–H groups in total. The van der Waals surface area contributed by atoms with E-state index in [4.69, 9.17) is 4.74 Å². The second kappa shape index (κ2) is 9.33. The van der Waals surface area contributed by atoms with E-state index in [1.54, 1.807) is 0 Å². The summed E-state index contributed by atoms with van der Waals surface area (Å²) in [5.74, 6) is 0. The first kappa shape index (κ1) is 19.1. The van der Waals surface area contributed by atoms with E-state index in [2.05, 4.69) is 21.3 Å². The van der Waals surface area contributed by atoms with Crippen molar-refractivity contribution in [3.05, 3.63) is 29.1 Å². The molecule has 0 saturated carbocycles. The van der Waals surface area contributed by atoms with Crippen LogP contribution < -0.4 is 5.32 Å². The van der Waals surface area contributed by atoms with Gasteiger partial charge in [-0.1, -0.05) is 12.5 Å². The number of nitrogens with one attached hydrogen (secondary N) is 1. The molecule has 26 heavy (non-hydrogen) atoms. The molecular formula is C20H32N4O2. The average Bonchev–Trinajstić information content (AvgIpc) is 2.89. The minimum atomic E-state index is -0.00243. The van der Waals surface area contributed by atoms with Crippen LogP contribution in [-0.2, 0) is 11.3 Å². The van der Waals surface area contributed by atoms with Crippen molar-refractivity contribution in [2.45, 2.75) is 52.2 Å². The molecule has 2 aliphatic rings. The second-order valence-corrected chi connectivity index (χ2v) is 7.56. The summed E-state index contributed by atoms with van der Waals surface area (Å²) in [6.45, 7) is 9.98. The number of urea groups is 1. The maximum atomic E-state index is 12.6. The van der Waals surface area contributed by atoms with E-state index in [0.717, 1.165) is 56.0 Å². The normalized spacial score (nSPS) is 22.1. The standard InChI is InChI=1S/C20H32N4O2/c1-16-11-18(12-21-17(16)2)13-22-20(25)24-9-6-10-26-19(15-24)14-23-7-4-3-5-8-23/h11-12,19H,3-10,13-15H2,1-2H3,(H,22,25). The summed E-state index contributed by atoms with van der Waals surface area (Å²) in [6, 6.07) is 2.09. The molecule has 6 nitrogen and oxygen atoms in total. The first-order valence-corrected chi connectivity index (χ1v) is 9.90. The number of ether oxygens (including phenoxy) is 1. The number of aryl methyl sites for hydroxylation is 2. The summed E-state index contributed by atoms with van der Waals surface area (Å²) in [5.41, 5.74) is 3.23. The highest BCUT2D eigenvalue weighted by molar-refractivity contribution is 5.74. The van der Waals surface area contributed by atoms with Crippen LogP contribution in [-0.4, -0.2) is 66.2 Å². The van der Waals surface area contributed by atoms with Crippen molar-refractivity contribution in [2.75, 3.05) is 39.3 Å². The number of rotatable bonds is 4. The molecule has 6 heteroatoms. The number of nitrogens with zero attached hydrogens (tertiary/aromatic N) is 3. The molecule has 0 aliphatic carbocycles. The van der Waals surface area contributed by atoms with Crippen molar-refractivity contribution in [3.8, 4) is 0 Å². The van der Waals surface area contributed by atoms with Crippen LogP contribution in [0.25, 0.3) is 0 Å². The van der Waals surface area contributed by atoms with Crippen molar-refractivity contribution in [1.82, 2.24) is 20.1 Å². The van der Waals surface area contributed by atoms with Crippen LogP contribution in [0.3, 0.4) is 0 Å². The molecule has 3 heterocycles. The van der Waals surface area contributed by atoms with Gasteiger partial charge in [-0.2, -0.15) is 0 Å². The third-order valence-electron chi connectivity index (χ3n) is 5.39. The van der Waals surface area contributed by atoms with Crippen LogP contribution >= 0.6 is 0 Å². The Labute approximate surface area is 156 Å². The van der Waals surface area contributed by atoms with E-state index in [-0.39, 0.29) is 12.1 Å². The van der Waals surface area contributed by atoms with Crippen molar-refractivity contribution in [2.24, 2.45) is 0 Å². The highest BCUT2D eigenvalue weighted by Gasteiger charge is 2.24. The highest BCUT2D eigenvalue weighted by atomic mass is 16.5. The number of piperidine rings is 1. The van der Waals surface area contributed by atoms with Gasteiger partial charge in [0.1, 0.15) is 0 Å². The summed E-state index contributed by atoms with van der Waals surface area (Å²) >= 11 is 0. The van der Waals surface area contributed by atoms with Gasteiger partial charge in [0.15, 0.2) is 0 Å². The molecule has 1 aromatic rings. The number of pyridine rings is 1. The molecule has 2 saturated heterocycles. The van der Waals surface area contributed by atoms with Crippen LogP contribution in [0.5, 0.6) is 0 Å². The lowest BCUT2D eigenvalue weighted by Gasteiger charge is -2.31. The van der Waals surface area contributed by atoms with E-state index in [9.17, 15) is 4.79 Å². The van der Waals surface area contributed by atoms with Gasteiger partial charge in [-0.25, -0.2) is 4.79 Å². The van der Waals surface area contributed by atoms with Gasteiger partial charge < -0.3 is 19.9 Å². The average molecular weight is 361 g/mol. The van der Waals surface area contributed by atoms with Crippen LogP contribution in [0, 0.1) is 13.8 Å². The highest BCUT2D eigenvalue weighted by Crippen LogP contribution is 2.13. The van der Waals surface area contributed by atoms with Gasteiger partial charge in [-0.05, 0) is 57.3 Å². The predicted molar refractivity (Wildman–Crippen MR) is 102 cm³/mol. The molecule has 0 aromatic carbocycles. The smallest absolute Gasteiger partial charge is 0.317 e. The number of carbonyl (C=O) groups excluding carboxylic acids is 1. The van der Waals surface area contributed by atoms with Crippen LogP contribution in [0.15, 0.2) is 12.3 Å². The third kappa shape index (κ3) is 5.42. The minimum Gasteiger partial charge on any atom is -0.375 e.